The van der Waals surface area contributed by atoms with Crippen molar-refractivity contribution in [3.8, 4) is 44.5 Å². The first-order valence-electron chi connectivity index (χ1n) is 12.5. The van der Waals surface area contributed by atoms with Crippen LogP contribution < -0.4 is 0 Å². The zero-order valence-electron chi connectivity index (χ0n) is 21.1. The van der Waals surface area contributed by atoms with Gasteiger partial charge < -0.3 is 0 Å². The van der Waals surface area contributed by atoms with Gasteiger partial charge in [-0.1, -0.05) is 121 Å². The molecule has 0 atom stereocenters. The molecular weight excluding hydrogens is 420 g/mol. The maximum Gasteiger partial charge on any atom is -0.00234 e. The van der Waals surface area contributed by atoms with Crippen molar-refractivity contribution in [2.75, 3.05) is 0 Å². The molecule has 0 unspecified atom stereocenters. The van der Waals surface area contributed by atoms with Crippen LogP contribution in [0, 0.1) is 20.8 Å². The van der Waals surface area contributed by atoms with Crippen molar-refractivity contribution in [3.05, 3.63) is 131 Å². The average Bonchev–Trinajstić information content (AvgIpc) is 2.89. The van der Waals surface area contributed by atoms with Crippen LogP contribution in [0.3, 0.4) is 0 Å². The van der Waals surface area contributed by atoms with E-state index in [1.54, 1.807) is 0 Å². The molecule has 5 aromatic rings. The van der Waals surface area contributed by atoms with Crippen LogP contribution in [-0.2, 0) is 6.42 Å². The van der Waals surface area contributed by atoms with Crippen molar-refractivity contribution in [2.24, 2.45) is 0 Å². The summed E-state index contributed by atoms with van der Waals surface area (Å²) in [7, 11) is 0. The lowest BCUT2D eigenvalue weighted by molar-refractivity contribution is 1.14. The molecule has 0 saturated carbocycles. The van der Waals surface area contributed by atoms with Crippen molar-refractivity contribution in [1.29, 1.82) is 0 Å². The molecule has 0 saturated heterocycles. The Kier molecular flexibility index (Phi) is 6.38. The molecule has 0 aliphatic carbocycles. The number of hydrogen-bond donors (Lipinski definition) is 0. The van der Waals surface area contributed by atoms with Gasteiger partial charge in [-0.25, -0.2) is 0 Å². The Morgan fingerprint density at radius 1 is 0.457 bits per heavy atom. The highest BCUT2D eigenvalue weighted by Gasteiger charge is 2.22. The molecule has 0 radical (unpaired) electrons. The number of aryl methyl sites for hydroxylation is 3. The summed E-state index contributed by atoms with van der Waals surface area (Å²) in [6, 6.07) is 40.1. The lowest BCUT2D eigenvalue weighted by Gasteiger charge is -2.24. The second kappa shape index (κ2) is 9.76. The molecule has 0 aliphatic heterocycles. The fourth-order valence-electron chi connectivity index (χ4n) is 5.18. The highest BCUT2D eigenvalue weighted by atomic mass is 14.3. The fourth-order valence-corrected chi connectivity index (χ4v) is 5.18. The predicted octanol–water partition coefficient (Wildman–Crippen LogP) is 9.84. The van der Waals surface area contributed by atoms with Gasteiger partial charge in [0.05, 0.1) is 0 Å². The minimum Gasteiger partial charge on any atom is -0.0622 e. The van der Waals surface area contributed by atoms with Gasteiger partial charge in [-0.15, -0.1) is 0 Å². The summed E-state index contributed by atoms with van der Waals surface area (Å²) in [6.45, 7) is 8.85. The molecule has 0 spiro atoms. The van der Waals surface area contributed by atoms with Crippen LogP contribution >= 0.6 is 0 Å². The minimum absolute atomic E-state index is 0.959. The Balaban J connectivity index is 1.98. The molecule has 0 amide bonds. The SMILES string of the molecule is CCc1c(-c2ccccc2)cc(-c2ccc(C)cc2)c(-c2cccc(C)c2)c1-c1ccccc1C. The Labute approximate surface area is 209 Å². The van der Waals surface area contributed by atoms with E-state index in [-0.39, 0.29) is 0 Å². The maximum absolute atomic E-state index is 2.43. The summed E-state index contributed by atoms with van der Waals surface area (Å²) in [6.07, 6.45) is 0.959. The number of rotatable bonds is 5. The first kappa shape index (κ1) is 22.9. The number of hydrogen-bond acceptors (Lipinski definition) is 0. The zero-order valence-corrected chi connectivity index (χ0v) is 21.1. The van der Waals surface area contributed by atoms with Crippen LogP contribution in [0.25, 0.3) is 44.5 Å². The molecule has 172 valence electrons. The van der Waals surface area contributed by atoms with Crippen molar-refractivity contribution in [1.82, 2.24) is 0 Å². The van der Waals surface area contributed by atoms with Gasteiger partial charge in [0.25, 0.3) is 0 Å². The molecule has 0 nitrogen and oxygen atoms in total. The molecule has 0 aromatic heterocycles. The second-order valence-corrected chi connectivity index (χ2v) is 9.47. The van der Waals surface area contributed by atoms with Crippen molar-refractivity contribution in [2.45, 2.75) is 34.1 Å². The minimum atomic E-state index is 0.959. The van der Waals surface area contributed by atoms with E-state index < -0.39 is 0 Å². The van der Waals surface area contributed by atoms with E-state index >= 15 is 0 Å². The molecule has 0 fully saturated rings. The smallest absolute Gasteiger partial charge is 0.00234 e. The Morgan fingerprint density at radius 3 is 1.80 bits per heavy atom. The summed E-state index contributed by atoms with van der Waals surface area (Å²) in [5, 5.41) is 0. The first-order chi connectivity index (χ1) is 17.1. The molecule has 5 rings (SSSR count). The molecule has 0 heterocycles. The van der Waals surface area contributed by atoms with E-state index in [9.17, 15) is 0 Å². The lowest BCUT2D eigenvalue weighted by atomic mass is 9.79. The van der Waals surface area contributed by atoms with Gasteiger partial charge in [-0.3, -0.25) is 0 Å². The predicted molar refractivity (Wildman–Crippen MR) is 152 cm³/mol. The van der Waals surface area contributed by atoms with E-state index in [1.807, 2.05) is 0 Å². The monoisotopic (exact) mass is 452 g/mol. The van der Waals surface area contributed by atoms with Gasteiger partial charge in [0.15, 0.2) is 0 Å². The quantitative estimate of drug-likeness (QED) is 0.249. The van der Waals surface area contributed by atoms with E-state index in [0.29, 0.717) is 0 Å². The zero-order chi connectivity index (χ0) is 24.4. The Bertz CT molecular complexity index is 1470. The van der Waals surface area contributed by atoms with Gasteiger partial charge in [0.2, 0.25) is 0 Å². The second-order valence-electron chi connectivity index (χ2n) is 9.47. The standard InChI is InChI=1S/C35H32/c1-5-30-32(27-14-7-6-8-15-27)23-33(28-20-18-24(2)19-21-28)34(29-16-11-12-25(3)22-29)35(30)31-17-10-9-13-26(31)4/h6-23H,5H2,1-4H3. The summed E-state index contributed by atoms with van der Waals surface area (Å²) >= 11 is 0. The van der Waals surface area contributed by atoms with Crippen molar-refractivity contribution < 1.29 is 0 Å². The molecule has 0 heteroatoms. The lowest BCUT2D eigenvalue weighted by Crippen LogP contribution is -2.01. The van der Waals surface area contributed by atoms with Gasteiger partial charge >= 0.3 is 0 Å². The largest absolute Gasteiger partial charge is 0.0622 e. The van der Waals surface area contributed by atoms with Crippen LogP contribution in [0.15, 0.2) is 109 Å². The van der Waals surface area contributed by atoms with Crippen LogP contribution in [0.2, 0.25) is 0 Å². The molecule has 0 bridgehead atoms. The molecule has 0 N–H and O–H groups in total. The highest BCUT2D eigenvalue weighted by molar-refractivity contribution is 6.00. The molecule has 5 aromatic carbocycles. The fraction of sp³-hybridized carbons (Fsp3) is 0.143. The van der Waals surface area contributed by atoms with E-state index in [0.717, 1.165) is 6.42 Å². The van der Waals surface area contributed by atoms with Gasteiger partial charge in [0, 0.05) is 0 Å². The Morgan fingerprint density at radius 2 is 1.11 bits per heavy atom. The van der Waals surface area contributed by atoms with Gasteiger partial charge in [-0.2, -0.15) is 0 Å². The average molecular weight is 453 g/mol. The third kappa shape index (κ3) is 4.45. The van der Waals surface area contributed by atoms with Crippen LogP contribution in [0.1, 0.15) is 29.2 Å². The third-order valence-corrected chi connectivity index (χ3v) is 6.96. The van der Waals surface area contributed by atoms with Gasteiger partial charge in [0.1, 0.15) is 0 Å². The first-order valence-corrected chi connectivity index (χ1v) is 12.5. The van der Waals surface area contributed by atoms with Gasteiger partial charge in [-0.05, 0) is 88.9 Å². The Hall–Kier alpha value is -3.90. The van der Waals surface area contributed by atoms with E-state index in [1.165, 1.54) is 66.8 Å². The third-order valence-electron chi connectivity index (χ3n) is 6.96. The molecule has 35 heavy (non-hydrogen) atoms. The summed E-state index contributed by atoms with van der Waals surface area (Å²) in [5.74, 6) is 0. The highest BCUT2D eigenvalue weighted by Crippen LogP contribution is 2.47. The molecular formula is C35H32. The summed E-state index contributed by atoms with van der Waals surface area (Å²) in [5.41, 5.74) is 15.6. The van der Waals surface area contributed by atoms with Crippen LogP contribution in [0.4, 0.5) is 0 Å². The topological polar surface area (TPSA) is 0 Å². The normalized spacial score (nSPS) is 11.0. The van der Waals surface area contributed by atoms with Crippen LogP contribution in [-0.4, -0.2) is 0 Å². The van der Waals surface area contributed by atoms with Crippen molar-refractivity contribution in [3.63, 3.8) is 0 Å². The van der Waals surface area contributed by atoms with Crippen LogP contribution in [0.5, 0.6) is 0 Å². The van der Waals surface area contributed by atoms with Crippen molar-refractivity contribution >= 4 is 0 Å². The van der Waals surface area contributed by atoms with E-state index in [4.69, 9.17) is 0 Å². The maximum atomic E-state index is 2.43. The summed E-state index contributed by atoms with van der Waals surface area (Å²) < 4.78 is 0. The molecule has 0 aliphatic rings. The van der Waals surface area contributed by atoms with E-state index in [2.05, 4.69) is 137 Å². The number of benzene rings is 5. The summed E-state index contributed by atoms with van der Waals surface area (Å²) in [4.78, 5) is 0.